The molecule has 1 unspecified atom stereocenters. The van der Waals surface area contributed by atoms with E-state index in [4.69, 9.17) is 9.47 Å². The lowest BCUT2D eigenvalue weighted by molar-refractivity contribution is 0.106. The summed E-state index contributed by atoms with van der Waals surface area (Å²) in [5, 5.41) is 3.41. The van der Waals surface area contributed by atoms with Crippen molar-refractivity contribution >= 4 is 0 Å². The van der Waals surface area contributed by atoms with Crippen LogP contribution >= 0.6 is 0 Å². The van der Waals surface area contributed by atoms with Crippen molar-refractivity contribution in [2.24, 2.45) is 0 Å². The summed E-state index contributed by atoms with van der Waals surface area (Å²) >= 11 is 0. The molecule has 1 saturated heterocycles. The third-order valence-electron chi connectivity index (χ3n) is 2.68. The summed E-state index contributed by atoms with van der Waals surface area (Å²) < 4.78 is 11.0. The maximum absolute atomic E-state index is 5.52. The van der Waals surface area contributed by atoms with E-state index in [1.807, 2.05) is 0 Å². The zero-order valence-electron chi connectivity index (χ0n) is 9.96. The molecule has 3 nitrogen and oxygen atoms in total. The van der Waals surface area contributed by atoms with Gasteiger partial charge in [0.25, 0.3) is 0 Å². The van der Waals surface area contributed by atoms with Gasteiger partial charge in [-0.05, 0) is 32.2 Å². The summed E-state index contributed by atoms with van der Waals surface area (Å²) in [6, 6.07) is 0. The van der Waals surface area contributed by atoms with E-state index in [0.29, 0.717) is 6.10 Å². The Balaban J connectivity index is 1.73. The molecule has 0 saturated carbocycles. The van der Waals surface area contributed by atoms with Gasteiger partial charge in [0.15, 0.2) is 0 Å². The predicted molar refractivity (Wildman–Crippen MR) is 62.2 cm³/mol. The highest BCUT2D eigenvalue weighted by Gasteiger charge is 2.13. The molecule has 1 rings (SSSR count). The van der Waals surface area contributed by atoms with E-state index in [1.165, 1.54) is 25.7 Å². The predicted octanol–water partition coefficient (Wildman–Crippen LogP) is 1.96. The SMILES string of the molecule is CCCCOCCCNCC1CCCO1. The quantitative estimate of drug-likeness (QED) is 0.596. The molecule has 1 N–H and O–H groups in total. The van der Waals surface area contributed by atoms with E-state index in [0.717, 1.165) is 39.3 Å². The zero-order chi connectivity index (χ0) is 10.8. The van der Waals surface area contributed by atoms with Gasteiger partial charge in [-0.15, -0.1) is 0 Å². The van der Waals surface area contributed by atoms with Gasteiger partial charge in [0.05, 0.1) is 6.10 Å². The van der Waals surface area contributed by atoms with Gasteiger partial charge in [0.2, 0.25) is 0 Å². The van der Waals surface area contributed by atoms with Gasteiger partial charge in [0, 0.05) is 26.4 Å². The molecule has 0 amide bonds. The number of rotatable bonds is 9. The van der Waals surface area contributed by atoms with Crippen LogP contribution in [0.4, 0.5) is 0 Å². The van der Waals surface area contributed by atoms with E-state index in [2.05, 4.69) is 12.2 Å². The molecule has 1 aliphatic heterocycles. The highest BCUT2D eigenvalue weighted by Crippen LogP contribution is 2.10. The van der Waals surface area contributed by atoms with Crippen LogP contribution in [0, 0.1) is 0 Å². The average molecular weight is 215 g/mol. The van der Waals surface area contributed by atoms with E-state index in [1.54, 1.807) is 0 Å². The van der Waals surface area contributed by atoms with Crippen LogP contribution in [0.25, 0.3) is 0 Å². The first kappa shape index (κ1) is 12.9. The Morgan fingerprint density at radius 2 is 2.20 bits per heavy atom. The van der Waals surface area contributed by atoms with Crippen molar-refractivity contribution in [1.82, 2.24) is 5.32 Å². The fourth-order valence-corrected chi connectivity index (χ4v) is 1.72. The number of unbranched alkanes of at least 4 members (excludes halogenated alkanes) is 1. The first-order valence-electron chi connectivity index (χ1n) is 6.33. The van der Waals surface area contributed by atoms with Gasteiger partial charge in [-0.25, -0.2) is 0 Å². The number of hydrogen-bond donors (Lipinski definition) is 1. The van der Waals surface area contributed by atoms with Crippen LogP contribution in [0.1, 0.15) is 39.0 Å². The smallest absolute Gasteiger partial charge is 0.0700 e. The topological polar surface area (TPSA) is 30.5 Å². The lowest BCUT2D eigenvalue weighted by Crippen LogP contribution is -2.27. The molecule has 1 atom stereocenters. The lowest BCUT2D eigenvalue weighted by Gasteiger charge is -2.10. The van der Waals surface area contributed by atoms with Gasteiger partial charge < -0.3 is 14.8 Å². The summed E-state index contributed by atoms with van der Waals surface area (Å²) in [5.41, 5.74) is 0. The Hall–Kier alpha value is -0.120. The van der Waals surface area contributed by atoms with Crippen LogP contribution in [-0.4, -0.2) is 39.0 Å². The van der Waals surface area contributed by atoms with Gasteiger partial charge in [-0.3, -0.25) is 0 Å². The van der Waals surface area contributed by atoms with E-state index in [9.17, 15) is 0 Å². The Morgan fingerprint density at radius 1 is 1.33 bits per heavy atom. The number of ether oxygens (including phenoxy) is 2. The Kier molecular flexibility index (Phi) is 7.88. The molecule has 1 heterocycles. The van der Waals surface area contributed by atoms with E-state index in [-0.39, 0.29) is 0 Å². The summed E-state index contributed by atoms with van der Waals surface area (Å²) in [7, 11) is 0. The monoisotopic (exact) mass is 215 g/mol. The first-order chi connectivity index (χ1) is 7.43. The van der Waals surface area contributed by atoms with E-state index >= 15 is 0 Å². The molecular weight excluding hydrogens is 190 g/mol. The van der Waals surface area contributed by atoms with Gasteiger partial charge in [0.1, 0.15) is 0 Å². The van der Waals surface area contributed by atoms with Crippen molar-refractivity contribution in [3.05, 3.63) is 0 Å². The second kappa shape index (κ2) is 9.13. The fourth-order valence-electron chi connectivity index (χ4n) is 1.72. The minimum Gasteiger partial charge on any atom is -0.381 e. The molecule has 1 fully saturated rings. The lowest BCUT2D eigenvalue weighted by atomic mass is 10.2. The van der Waals surface area contributed by atoms with Crippen molar-refractivity contribution in [3.63, 3.8) is 0 Å². The molecule has 0 aromatic carbocycles. The van der Waals surface area contributed by atoms with Crippen molar-refractivity contribution in [2.45, 2.75) is 45.1 Å². The first-order valence-corrected chi connectivity index (χ1v) is 6.33. The van der Waals surface area contributed by atoms with Crippen LogP contribution < -0.4 is 5.32 Å². The Morgan fingerprint density at radius 3 is 2.93 bits per heavy atom. The molecule has 15 heavy (non-hydrogen) atoms. The van der Waals surface area contributed by atoms with Gasteiger partial charge in [-0.2, -0.15) is 0 Å². The average Bonchev–Trinajstić information content (AvgIpc) is 2.75. The van der Waals surface area contributed by atoms with Crippen LogP contribution in [0.15, 0.2) is 0 Å². The van der Waals surface area contributed by atoms with Crippen molar-refractivity contribution in [1.29, 1.82) is 0 Å². The second-order valence-electron chi connectivity index (χ2n) is 4.16. The molecule has 0 spiro atoms. The minimum atomic E-state index is 0.464. The van der Waals surface area contributed by atoms with Crippen LogP contribution in [0.3, 0.4) is 0 Å². The van der Waals surface area contributed by atoms with Crippen molar-refractivity contribution in [3.8, 4) is 0 Å². The minimum absolute atomic E-state index is 0.464. The number of nitrogens with one attached hydrogen (secondary N) is 1. The Bertz CT molecular complexity index is 136. The van der Waals surface area contributed by atoms with Crippen LogP contribution in [0.2, 0.25) is 0 Å². The molecule has 90 valence electrons. The summed E-state index contributed by atoms with van der Waals surface area (Å²) in [6.45, 7) is 7.00. The number of hydrogen-bond acceptors (Lipinski definition) is 3. The standard InChI is InChI=1S/C12H25NO2/c1-2-3-8-14-9-5-7-13-11-12-6-4-10-15-12/h12-13H,2-11H2,1H3. The molecule has 1 aliphatic rings. The molecule has 0 bridgehead atoms. The second-order valence-corrected chi connectivity index (χ2v) is 4.16. The highest BCUT2D eigenvalue weighted by molar-refractivity contribution is 4.67. The van der Waals surface area contributed by atoms with Crippen molar-refractivity contribution < 1.29 is 9.47 Å². The summed E-state index contributed by atoms with van der Waals surface area (Å²) in [5.74, 6) is 0. The fraction of sp³-hybridized carbons (Fsp3) is 1.00. The summed E-state index contributed by atoms with van der Waals surface area (Å²) in [4.78, 5) is 0. The maximum atomic E-state index is 5.52. The molecule has 3 heteroatoms. The molecule has 0 aromatic rings. The molecule has 0 aliphatic carbocycles. The Labute approximate surface area is 93.5 Å². The highest BCUT2D eigenvalue weighted by atomic mass is 16.5. The normalized spacial score (nSPS) is 21.0. The largest absolute Gasteiger partial charge is 0.381 e. The van der Waals surface area contributed by atoms with Crippen LogP contribution in [0.5, 0.6) is 0 Å². The maximum Gasteiger partial charge on any atom is 0.0700 e. The third kappa shape index (κ3) is 6.88. The van der Waals surface area contributed by atoms with Gasteiger partial charge in [-0.1, -0.05) is 13.3 Å². The molecular formula is C12H25NO2. The molecule has 0 aromatic heterocycles. The zero-order valence-corrected chi connectivity index (χ0v) is 9.96. The third-order valence-corrected chi connectivity index (χ3v) is 2.68. The summed E-state index contributed by atoms with van der Waals surface area (Å²) in [6.07, 6.45) is 6.43. The van der Waals surface area contributed by atoms with Crippen LogP contribution in [-0.2, 0) is 9.47 Å². The van der Waals surface area contributed by atoms with E-state index < -0.39 is 0 Å². The van der Waals surface area contributed by atoms with Crippen molar-refractivity contribution in [2.75, 3.05) is 32.9 Å². The van der Waals surface area contributed by atoms with Gasteiger partial charge >= 0.3 is 0 Å². The molecule has 0 radical (unpaired) electrons.